The molecule has 158 valence electrons. The van der Waals surface area contributed by atoms with Gasteiger partial charge in [0.1, 0.15) is 5.75 Å². The van der Waals surface area contributed by atoms with E-state index in [1.54, 1.807) is 0 Å². The van der Waals surface area contributed by atoms with Crippen LogP contribution >= 0.6 is 11.6 Å². The van der Waals surface area contributed by atoms with Gasteiger partial charge in [-0.15, -0.1) is 0 Å². The molecule has 2 aromatic rings. The number of anilines is 1. The highest BCUT2D eigenvalue weighted by molar-refractivity contribution is 7.89. The maximum atomic E-state index is 11.2. The first-order chi connectivity index (χ1) is 13.7. The number of primary sulfonamides is 1. The zero-order valence-corrected chi connectivity index (χ0v) is 18.1. The number of nitrogens with one attached hydrogen (secondary N) is 2. The summed E-state index contributed by atoms with van der Waals surface area (Å²) >= 11 is 6.01. The molecule has 29 heavy (non-hydrogen) atoms. The molecule has 2 aromatic carbocycles. The van der Waals surface area contributed by atoms with Crippen LogP contribution in [0.4, 0.5) is 5.69 Å². The molecular formula is C20H27ClN4O3S. The lowest BCUT2D eigenvalue weighted by atomic mass is 10.1. The van der Waals surface area contributed by atoms with Crippen LogP contribution in [0.25, 0.3) is 0 Å². The van der Waals surface area contributed by atoms with Crippen LogP contribution in [0.5, 0.6) is 5.75 Å². The Bertz CT molecular complexity index is 916. The molecule has 0 unspecified atom stereocenters. The summed E-state index contributed by atoms with van der Waals surface area (Å²) in [5, 5.41) is 12.1. The van der Waals surface area contributed by atoms with Gasteiger partial charge < -0.3 is 15.4 Å². The van der Waals surface area contributed by atoms with Crippen molar-refractivity contribution in [2.24, 2.45) is 10.1 Å². The van der Waals surface area contributed by atoms with Crippen LogP contribution in [-0.4, -0.2) is 39.3 Å². The summed E-state index contributed by atoms with van der Waals surface area (Å²) in [6, 6.07) is 15.1. The van der Waals surface area contributed by atoms with E-state index in [0.29, 0.717) is 17.5 Å². The molecule has 0 atom stereocenters. The van der Waals surface area contributed by atoms with Crippen molar-refractivity contribution < 1.29 is 13.2 Å². The summed E-state index contributed by atoms with van der Waals surface area (Å²) in [5.41, 5.74) is 1.88. The first-order valence-electron chi connectivity index (χ1n) is 9.28. The van der Waals surface area contributed by atoms with Crippen molar-refractivity contribution in [3.8, 4) is 5.75 Å². The number of halogens is 1. The largest absolute Gasteiger partial charge is 0.491 e. The molecule has 7 nitrogen and oxygen atoms in total. The average Bonchev–Trinajstić information content (AvgIpc) is 2.62. The van der Waals surface area contributed by atoms with E-state index in [2.05, 4.69) is 15.6 Å². The Morgan fingerprint density at radius 1 is 1.21 bits per heavy atom. The Morgan fingerprint density at radius 2 is 1.93 bits per heavy atom. The smallest absolute Gasteiger partial charge is 0.210 e. The fraction of sp³-hybridized carbons (Fsp3) is 0.350. The number of sulfonamides is 1. The van der Waals surface area contributed by atoms with E-state index in [9.17, 15) is 8.42 Å². The fourth-order valence-corrected chi connectivity index (χ4v) is 3.03. The van der Waals surface area contributed by atoms with Crippen molar-refractivity contribution in [2.75, 3.05) is 24.2 Å². The average molecular weight is 439 g/mol. The number of aliphatic imine (C=N–C) groups is 1. The number of hydrogen-bond acceptors (Lipinski definition) is 4. The highest BCUT2D eigenvalue weighted by Gasteiger charge is 2.05. The molecule has 0 heterocycles. The number of rotatable bonds is 9. The predicted octanol–water partition coefficient (Wildman–Crippen LogP) is 3.02. The van der Waals surface area contributed by atoms with Gasteiger partial charge in [0.15, 0.2) is 5.96 Å². The number of ether oxygens (including phenoxy) is 1. The lowest BCUT2D eigenvalue weighted by molar-refractivity contribution is 0.242. The van der Waals surface area contributed by atoms with Gasteiger partial charge in [-0.3, -0.25) is 4.99 Å². The Kier molecular flexibility index (Phi) is 8.75. The number of benzene rings is 2. The minimum Gasteiger partial charge on any atom is -0.491 e. The minimum atomic E-state index is -3.57. The number of guanidine groups is 1. The van der Waals surface area contributed by atoms with Crippen LogP contribution in [0.15, 0.2) is 53.5 Å². The van der Waals surface area contributed by atoms with E-state index in [0.717, 1.165) is 23.4 Å². The van der Waals surface area contributed by atoms with Crippen LogP contribution in [0.1, 0.15) is 19.4 Å². The molecule has 0 radical (unpaired) electrons. The van der Waals surface area contributed by atoms with E-state index in [1.165, 1.54) is 0 Å². The minimum absolute atomic E-state index is 0.0554. The Balaban J connectivity index is 2.00. The van der Waals surface area contributed by atoms with E-state index in [1.807, 2.05) is 62.4 Å². The second-order valence-electron chi connectivity index (χ2n) is 6.72. The van der Waals surface area contributed by atoms with Gasteiger partial charge in [-0.05, 0) is 62.2 Å². The monoisotopic (exact) mass is 438 g/mol. The molecule has 0 aliphatic rings. The third-order valence-corrected chi connectivity index (χ3v) is 4.72. The van der Waals surface area contributed by atoms with Gasteiger partial charge in [-0.2, -0.15) is 0 Å². The highest BCUT2D eigenvalue weighted by atomic mass is 35.5. The zero-order chi connectivity index (χ0) is 21.3. The number of hydrogen-bond donors (Lipinski definition) is 3. The van der Waals surface area contributed by atoms with Crippen LogP contribution < -0.4 is 20.5 Å². The Hall–Kier alpha value is -2.29. The van der Waals surface area contributed by atoms with Crippen molar-refractivity contribution in [1.29, 1.82) is 0 Å². The molecule has 0 saturated heterocycles. The molecule has 0 aromatic heterocycles. The third-order valence-electron chi connectivity index (χ3n) is 3.73. The summed E-state index contributed by atoms with van der Waals surface area (Å²) in [4.78, 5) is 4.30. The summed E-state index contributed by atoms with van der Waals surface area (Å²) < 4.78 is 28.0. The predicted molar refractivity (Wildman–Crippen MR) is 119 cm³/mol. The van der Waals surface area contributed by atoms with Crippen LogP contribution in [0.3, 0.4) is 0 Å². The highest BCUT2D eigenvalue weighted by Crippen LogP contribution is 2.17. The standard InChI is InChI=1S/C20H27ClN4O3S/c1-15(2)28-19-8-6-18(7-9-19)25-20(24-12-13-29(22,26)27)23-11-10-16-4-3-5-17(21)14-16/h3-9,14-15H,10-13H2,1-2H3,(H2,22,26,27)(H2,23,24,25). The van der Waals surface area contributed by atoms with Crippen molar-refractivity contribution in [3.05, 3.63) is 59.1 Å². The quantitative estimate of drug-likeness (QED) is 0.412. The molecule has 0 saturated carbocycles. The van der Waals surface area contributed by atoms with Crippen molar-refractivity contribution >= 4 is 33.3 Å². The molecule has 0 spiro atoms. The lowest BCUT2D eigenvalue weighted by Crippen LogP contribution is -2.33. The van der Waals surface area contributed by atoms with E-state index in [-0.39, 0.29) is 18.4 Å². The summed E-state index contributed by atoms with van der Waals surface area (Å²) in [5.74, 6) is 1.01. The van der Waals surface area contributed by atoms with Crippen LogP contribution in [0.2, 0.25) is 5.02 Å². The maximum absolute atomic E-state index is 11.2. The third kappa shape index (κ3) is 9.65. The van der Waals surface area contributed by atoms with Gasteiger partial charge in [-0.25, -0.2) is 13.6 Å². The van der Waals surface area contributed by atoms with Gasteiger partial charge >= 0.3 is 0 Å². The maximum Gasteiger partial charge on any atom is 0.210 e. The molecular weight excluding hydrogens is 412 g/mol. The summed E-state index contributed by atoms with van der Waals surface area (Å²) in [6.07, 6.45) is 0.828. The Morgan fingerprint density at radius 3 is 2.55 bits per heavy atom. The molecule has 9 heteroatoms. The summed E-state index contributed by atoms with van der Waals surface area (Å²) in [7, 11) is -3.57. The molecule has 2 rings (SSSR count). The normalized spacial score (nSPS) is 12.1. The SMILES string of the molecule is CC(C)Oc1ccc(NC(=NCCS(N)(=O)=O)NCCc2cccc(Cl)c2)cc1. The number of nitrogens with zero attached hydrogens (tertiary/aromatic N) is 1. The van der Waals surface area contributed by atoms with Crippen molar-refractivity contribution in [1.82, 2.24) is 5.32 Å². The molecule has 0 bridgehead atoms. The van der Waals surface area contributed by atoms with Crippen LogP contribution in [-0.2, 0) is 16.4 Å². The van der Waals surface area contributed by atoms with Crippen LogP contribution in [0, 0.1) is 0 Å². The van der Waals surface area contributed by atoms with E-state index < -0.39 is 10.0 Å². The molecule has 0 amide bonds. The van der Waals surface area contributed by atoms with Gasteiger partial charge in [0.25, 0.3) is 0 Å². The van der Waals surface area contributed by atoms with Crippen molar-refractivity contribution in [3.63, 3.8) is 0 Å². The Labute approximate surface area is 177 Å². The molecule has 0 fully saturated rings. The molecule has 0 aliphatic heterocycles. The van der Waals surface area contributed by atoms with Gasteiger partial charge in [-0.1, -0.05) is 23.7 Å². The van der Waals surface area contributed by atoms with Gasteiger partial charge in [0, 0.05) is 17.3 Å². The molecule has 0 aliphatic carbocycles. The molecule has 4 N–H and O–H groups in total. The lowest BCUT2D eigenvalue weighted by Gasteiger charge is -2.14. The first kappa shape index (κ1) is 23.0. The van der Waals surface area contributed by atoms with E-state index >= 15 is 0 Å². The van der Waals surface area contributed by atoms with Crippen molar-refractivity contribution in [2.45, 2.75) is 26.4 Å². The topological polar surface area (TPSA) is 106 Å². The first-order valence-corrected chi connectivity index (χ1v) is 11.4. The second kappa shape index (κ2) is 11.0. The van der Waals surface area contributed by atoms with E-state index in [4.69, 9.17) is 21.5 Å². The number of nitrogens with two attached hydrogens (primary N) is 1. The second-order valence-corrected chi connectivity index (χ2v) is 8.89. The van der Waals surface area contributed by atoms with Gasteiger partial charge in [0.2, 0.25) is 10.0 Å². The fourth-order valence-electron chi connectivity index (χ4n) is 2.47. The summed E-state index contributed by atoms with van der Waals surface area (Å²) in [6.45, 7) is 4.58. The zero-order valence-electron chi connectivity index (χ0n) is 16.6. The van der Waals surface area contributed by atoms with Gasteiger partial charge in [0.05, 0.1) is 18.4 Å².